The molecule has 37 heavy (non-hydrogen) atoms. The van der Waals surface area contributed by atoms with Gasteiger partial charge in [-0.2, -0.15) is 0 Å². The Balaban J connectivity index is 1.15. The average Bonchev–Trinajstić information content (AvgIpc) is 3.41. The Bertz CT molecular complexity index is 935. The third kappa shape index (κ3) is 3.97. The Morgan fingerprint density at radius 3 is 2.57 bits per heavy atom. The summed E-state index contributed by atoms with van der Waals surface area (Å²) in [4.78, 5) is 11.8. The fourth-order valence-corrected chi connectivity index (χ4v) is 10.0. The van der Waals surface area contributed by atoms with Gasteiger partial charge in [0, 0.05) is 25.0 Å². The molecule has 0 radical (unpaired) electrons. The van der Waals surface area contributed by atoms with E-state index >= 15 is 0 Å². The third-order valence-corrected chi connectivity index (χ3v) is 12.2. The SMILES string of the molecule is CO[C@@H]1C[C@H](O[C@H]2CC[C@@]3(C)[C@H](CC[C@@H]4[C@@H]3CC[C@]3(C)[C@@H](C5=CC(=O)OC5)CC[C@]43O)C2)O[C@H](C)[C@H]1O. The zero-order valence-electron chi connectivity index (χ0n) is 23.0. The minimum absolute atomic E-state index is 0.166. The highest BCUT2D eigenvalue weighted by atomic mass is 16.7. The molecular weight excluding hydrogens is 472 g/mol. The molecule has 7 nitrogen and oxygen atoms in total. The lowest BCUT2D eigenvalue weighted by Gasteiger charge is -2.64. The second-order valence-electron chi connectivity index (χ2n) is 13.6. The molecule has 0 amide bonds. The summed E-state index contributed by atoms with van der Waals surface area (Å²) in [5.74, 6) is 1.45. The maximum Gasteiger partial charge on any atom is 0.331 e. The molecule has 0 spiro atoms. The van der Waals surface area contributed by atoms with E-state index in [0.717, 1.165) is 63.4 Å². The van der Waals surface area contributed by atoms with Crippen LogP contribution < -0.4 is 0 Å². The van der Waals surface area contributed by atoms with Gasteiger partial charge in [0.1, 0.15) is 12.7 Å². The molecule has 0 aromatic rings. The van der Waals surface area contributed by atoms with Crippen molar-refractivity contribution < 1.29 is 34.0 Å². The van der Waals surface area contributed by atoms with Crippen molar-refractivity contribution in [3.05, 3.63) is 11.6 Å². The number of esters is 1. The van der Waals surface area contributed by atoms with E-state index in [1.165, 1.54) is 0 Å². The molecule has 7 heteroatoms. The Hall–Kier alpha value is -0.990. The molecule has 12 atom stereocenters. The maximum atomic E-state index is 12.4. The van der Waals surface area contributed by atoms with E-state index in [2.05, 4.69) is 13.8 Å². The van der Waals surface area contributed by atoms with Crippen LogP contribution in [0, 0.1) is 34.5 Å². The van der Waals surface area contributed by atoms with E-state index in [1.54, 1.807) is 13.2 Å². The van der Waals surface area contributed by atoms with E-state index < -0.39 is 11.7 Å². The topological polar surface area (TPSA) is 94.5 Å². The van der Waals surface area contributed by atoms with Gasteiger partial charge in [0.2, 0.25) is 0 Å². The van der Waals surface area contributed by atoms with Crippen LogP contribution >= 0.6 is 0 Å². The van der Waals surface area contributed by atoms with E-state index in [4.69, 9.17) is 18.9 Å². The fourth-order valence-electron chi connectivity index (χ4n) is 10.0. The summed E-state index contributed by atoms with van der Waals surface area (Å²) < 4.78 is 23.2. The highest BCUT2D eigenvalue weighted by Crippen LogP contribution is 2.70. The molecule has 2 aliphatic heterocycles. The van der Waals surface area contributed by atoms with Crippen LogP contribution in [0.3, 0.4) is 0 Å². The number of hydrogen-bond acceptors (Lipinski definition) is 7. The molecule has 2 heterocycles. The van der Waals surface area contributed by atoms with Crippen molar-refractivity contribution in [3.63, 3.8) is 0 Å². The lowest BCUT2D eigenvalue weighted by Crippen LogP contribution is -2.62. The lowest BCUT2D eigenvalue weighted by atomic mass is 9.43. The predicted molar refractivity (Wildman–Crippen MR) is 136 cm³/mol. The largest absolute Gasteiger partial charge is 0.458 e. The molecule has 208 valence electrons. The summed E-state index contributed by atoms with van der Waals surface area (Å²) in [5, 5.41) is 22.7. The molecule has 0 aromatic carbocycles. The van der Waals surface area contributed by atoms with Crippen molar-refractivity contribution in [3.8, 4) is 0 Å². The zero-order chi connectivity index (χ0) is 26.2. The van der Waals surface area contributed by atoms with Gasteiger partial charge in [0.25, 0.3) is 0 Å². The Kier molecular flexibility index (Phi) is 6.59. The smallest absolute Gasteiger partial charge is 0.331 e. The van der Waals surface area contributed by atoms with Crippen LogP contribution in [0.1, 0.15) is 85.0 Å². The first-order valence-electron chi connectivity index (χ1n) is 14.7. The van der Waals surface area contributed by atoms with Crippen molar-refractivity contribution in [1.82, 2.24) is 0 Å². The van der Waals surface area contributed by atoms with Crippen LogP contribution in [0.5, 0.6) is 0 Å². The summed E-state index contributed by atoms with van der Waals surface area (Å²) in [6.45, 7) is 7.07. The van der Waals surface area contributed by atoms with Gasteiger partial charge in [-0.3, -0.25) is 0 Å². The van der Waals surface area contributed by atoms with Gasteiger partial charge in [-0.25, -0.2) is 4.79 Å². The normalized spacial score (nSPS) is 53.6. The molecule has 0 aromatic heterocycles. The fraction of sp³-hybridized carbons (Fsp3) is 0.900. The van der Waals surface area contributed by atoms with Gasteiger partial charge in [-0.1, -0.05) is 13.8 Å². The standard InChI is InChI=1S/C30H46O7/c1-17-27(32)24(34-4)15-26(36-17)37-20-7-10-28(2)19(14-20)5-6-23-22(28)8-11-29(3)21(9-12-30(23,29)33)18-13-25(31)35-16-18/h13,17,19-24,26-27,32-33H,5-12,14-16H2,1-4H3/t17-,19-,20+,21-,22+,23-,24-,26+,27-,28+,29-,30+/m1/s1. The van der Waals surface area contributed by atoms with Gasteiger partial charge in [-0.15, -0.1) is 0 Å². The number of aliphatic hydroxyl groups excluding tert-OH is 1. The molecule has 0 unspecified atom stereocenters. The zero-order valence-corrected chi connectivity index (χ0v) is 23.0. The number of cyclic esters (lactones) is 1. The summed E-state index contributed by atoms with van der Waals surface area (Å²) >= 11 is 0. The van der Waals surface area contributed by atoms with Crippen LogP contribution in [-0.4, -0.2) is 66.2 Å². The van der Waals surface area contributed by atoms with Crippen molar-refractivity contribution >= 4 is 5.97 Å². The van der Waals surface area contributed by atoms with E-state index in [1.807, 2.05) is 6.92 Å². The van der Waals surface area contributed by atoms with Crippen molar-refractivity contribution in [1.29, 1.82) is 0 Å². The van der Waals surface area contributed by atoms with Crippen LogP contribution in [0.2, 0.25) is 0 Å². The monoisotopic (exact) mass is 518 g/mol. The lowest BCUT2D eigenvalue weighted by molar-refractivity contribution is -0.273. The second kappa shape index (κ2) is 9.29. The molecular formula is C30H46O7. The number of fused-ring (bicyclic) bond motifs is 5. The highest BCUT2D eigenvalue weighted by Gasteiger charge is 2.67. The van der Waals surface area contributed by atoms with E-state index in [0.29, 0.717) is 30.8 Å². The van der Waals surface area contributed by atoms with E-state index in [9.17, 15) is 15.0 Å². The second-order valence-corrected chi connectivity index (χ2v) is 13.6. The summed E-state index contributed by atoms with van der Waals surface area (Å²) in [6, 6.07) is 0. The number of carbonyl (C=O) groups excluding carboxylic acids is 1. The molecule has 5 fully saturated rings. The third-order valence-electron chi connectivity index (χ3n) is 12.2. The number of carbonyl (C=O) groups is 1. The van der Waals surface area contributed by atoms with Crippen LogP contribution in [0.15, 0.2) is 11.6 Å². The van der Waals surface area contributed by atoms with Crippen molar-refractivity contribution in [2.75, 3.05) is 13.7 Å². The summed E-state index contributed by atoms with van der Waals surface area (Å²) in [6.07, 6.45) is 10.2. The predicted octanol–water partition coefficient (Wildman–Crippen LogP) is 4.14. The number of aliphatic hydroxyl groups is 2. The molecule has 4 saturated carbocycles. The van der Waals surface area contributed by atoms with Gasteiger partial charge in [-0.05, 0) is 99.4 Å². The highest BCUT2D eigenvalue weighted by molar-refractivity contribution is 5.85. The summed E-state index contributed by atoms with van der Waals surface area (Å²) in [5.41, 5.74) is 0.461. The number of rotatable bonds is 4. The molecule has 2 N–H and O–H groups in total. The van der Waals surface area contributed by atoms with Gasteiger partial charge >= 0.3 is 5.97 Å². The van der Waals surface area contributed by atoms with Crippen LogP contribution in [0.25, 0.3) is 0 Å². The molecule has 6 rings (SSSR count). The van der Waals surface area contributed by atoms with Crippen molar-refractivity contribution in [2.24, 2.45) is 34.5 Å². The number of methoxy groups -OCH3 is 1. The minimum atomic E-state index is -0.670. The quantitative estimate of drug-likeness (QED) is 0.427. The number of hydrogen-bond donors (Lipinski definition) is 2. The Morgan fingerprint density at radius 2 is 1.84 bits per heavy atom. The minimum Gasteiger partial charge on any atom is -0.458 e. The van der Waals surface area contributed by atoms with Gasteiger partial charge < -0.3 is 29.2 Å². The molecule has 6 aliphatic rings. The van der Waals surface area contributed by atoms with Crippen molar-refractivity contribution in [2.45, 2.75) is 121 Å². The Labute approximate surface area is 221 Å². The van der Waals surface area contributed by atoms with Crippen LogP contribution in [-0.2, 0) is 23.7 Å². The summed E-state index contributed by atoms with van der Waals surface area (Å²) in [7, 11) is 1.64. The first-order chi connectivity index (χ1) is 17.6. The molecule has 0 bridgehead atoms. The maximum absolute atomic E-state index is 12.4. The first kappa shape index (κ1) is 26.2. The van der Waals surface area contributed by atoms with Crippen LogP contribution in [0.4, 0.5) is 0 Å². The number of ether oxygens (including phenoxy) is 4. The Morgan fingerprint density at radius 1 is 1.03 bits per heavy atom. The average molecular weight is 519 g/mol. The van der Waals surface area contributed by atoms with Gasteiger partial charge in [0.05, 0.1) is 23.9 Å². The molecule has 1 saturated heterocycles. The van der Waals surface area contributed by atoms with E-state index in [-0.39, 0.29) is 47.3 Å². The molecule has 4 aliphatic carbocycles. The first-order valence-corrected chi connectivity index (χ1v) is 14.7. The van der Waals surface area contributed by atoms with Gasteiger partial charge in [0.15, 0.2) is 6.29 Å².